The molecule has 2 N–H and O–H groups in total. The third-order valence-electron chi connectivity index (χ3n) is 7.01. The van der Waals surface area contributed by atoms with E-state index in [0.29, 0.717) is 22.8 Å². The van der Waals surface area contributed by atoms with Gasteiger partial charge in [0.05, 0.1) is 21.6 Å². The number of aliphatic hydroxyl groups is 1. The summed E-state index contributed by atoms with van der Waals surface area (Å²) < 4.78 is 42.0. The average Bonchev–Trinajstić information content (AvgIpc) is 3.28. The Morgan fingerprint density at radius 2 is 1.89 bits per heavy atom. The van der Waals surface area contributed by atoms with Crippen molar-refractivity contribution in [3.8, 4) is 0 Å². The Balaban J connectivity index is 1.70. The van der Waals surface area contributed by atoms with Crippen LogP contribution in [-0.4, -0.2) is 62.5 Å². The van der Waals surface area contributed by atoms with Gasteiger partial charge in [-0.2, -0.15) is 0 Å². The molecular formula is C27H36N4O6S. The summed E-state index contributed by atoms with van der Waals surface area (Å²) in [6, 6.07) is 11.4. The van der Waals surface area contributed by atoms with Crippen LogP contribution in [0.5, 0.6) is 0 Å². The highest BCUT2D eigenvalue weighted by molar-refractivity contribution is 7.92. The number of fused-ring (bicyclic) bond motifs is 1. The number of nitrogens with one attached hydrogen (secondary N) is 1. The Labute approximate surface area is 223 Å². The molecule has 206 valence electrons. The second-order valence-corrected chi connectivity index (χ2v) is 11.8. The molecule has 2 heterocycles. The predicted octanol–water partition coefficient (Wildman–Crippen LogP) is 3.49. The average molecular weight is 545 g/mol. The summed E-state index contributed by atoms with van der Waals surface area (Å²) in [6.45, 7) is 7.59. The fraction of sp³-hybridized carbons (Fsp3) is 0.481. The van der Waals surface area contributed by atoms with Crippen molar-refractivity contribution >= 4 is 38.3 Å². The van der Waals surface area contributed by atoms with Crippen LogP contribution >= 0.6 is 0 Å². The van der Waals surface area contributed by atoms with E-state index in [1.165, 1.54) is 28.6 Å². The maximum atomic E-state index is 13.6. The molecular weight excluding hydrogens is 508 g/mol. The number of aliphatic hydroxyl groups excluding tert-OH is 1. The number of carbonyl (C=O) groups is 1. The first-order valence-corrected chi connectivity index (χ1v) is 14.2. The second-order valence-electron chi connectivity index (χ2n) is 9.89. The molecule has 3 aromatic rings. The Kier molecular flexibility index (Phi) is 8.41. The highest BCUT2D eigenvalue weighted by Crippen LogP contribution is 2.33. The minimum Gasteiger partial charge on any atom is -0.387 e. The van der Waals surface area contributed by atoms with Crippen LogP contribution < -0.4 is 9.62 Å². The molecule has 1 amide bonds. The van der Waals surface area contributed by atoms with Gasteiger partial charge in [-0.05, 0) is 82.0 Å². The Morgan fingerprint density at radius 3 is 2.50 bits per heavy atom. The maximum Gasteiger partial charge on any atom is 0.264 e. The van der Waals surface area contributed by atoms with E-state index < -0.39 is 28.1 Å². The molecule has 0 radical (unpaired) electrons. The lowest BCUT2D eigenvalue weighted by Crippen LogP contribution is -2.30. The van der Waals surface area contributed by atoms with Crippen molar-refractivity contribution in [2.24, 2.45) is 5.92 Å². The number of hydrogen-bond donors (Lipinski definition) is 2. The molecule has 0 aliphatic carbocycles. The van der Waals surface area contributed by atoms with E-state index in [9.17, 15) is 13.2 Å². The lowest BCUT2D eigenvalue weighted by atomic mass is 9.99. The van der Waals surface area contributed by atoms with Crippen molar-refractivity contribution in [2.45, 2.75) is 50.7 Å². The van der Waals surface area contributed by atoms with Crippen molar-refractivity contribution in [1.82, 2.24) is 9.55 Å². The largest absolute Gasteiger partial charge is 0.387 e. The van der Waals surface area contributed by atoms with Gasteiger partial charge in [-0.25, -0.2) is 13.4 Å². The highest BCUT2D eigenvalue weighted by atomic mass is 32.2. The van der Waals surface area contributed by atoms with E-state index >= 15 is 0 Å². The van der Waals surface area contributed by atoms with Crippen LogP contribution in [0.25, 0.3) is 11.0 Å². The normalized spacial score (nSPS) is 15.1. The van der Waals surface area contributed by atoms with Crippen molar-refractivity contribution in [3.05, 3.63) is 48.3 Å². The summed E-state index contributed by atoms with van der Waals surface area (Å²) in [4.78, 5) is 16.4. The van der Waals surface area contributed by atoms with E-state index in [1.807, 2.05) is 32.0 Å². The van der Waals surface area contributed by atoms with Gasteiger partial charge in [-0.15, -0.1) is 0 Å². The van der Waals surface area contributed by atoms with Crippen LogP contribution in [0.15, 0.2) is 47.4 Å². The Hall–Kier alpha value is -2.99. The van der Waals surface area contributed by atoms with Crippen LogP contribution in [0.2, 0.25) is 0 Å². The standard InChI is InChI=1S/C27H36N4O6S/c1-5-31(38(34,35)22-9-6-20(7-10-22)28-25(33)18-32)21-8-11-24-23(16-21)29-26(27(2,3)36-4)30(24)17-19-12-14-37-15-13-19/h6-11,16,19,32H,5,12-15,17-18H2,1-4H3,(H,28,33). The molecule has 1 saturated heterocycles. The number of ether oxygens (including phenoxy) is 2. The van der Waals surface area contributed by atoms with E-state index in [0.717, 1.165) is 43.9 Å². The van der Waals surface area contributed by atoms with Crippen LogP contribution in [-0.2, 0) is 36.4 Å². The first-order valence-electron chi connectivity index (χ1n) is 12.8. The quantitative estimate of drug-likeness (QED) is 0.401. The summed E-state index contributed by atoms with van der Waals surface area (Å²) in [5, 5.41) is 11.4. The third-order valence-corrected chi connectivity index (χ3v) is 8.92. The highest BCUT2D eigenvalue weighted by Gasteiger charge is 2.30. The van der Waals surface area contributed by atoms with Gasteiger partial charge in [-0.1, -0.05) is 0 Å². The number of amides is 1. The fourth-order valence-electron chi connectivity index (χ4n) is 4.73. The zero-order valence-corrected chi connectivity index (χ0v) is 23.1. The van der Waals surface area contributed by atoms with Crippen molar-refractivity contribution in [3.63, 3.8) is 0 Å². The molecule has 0 bridgehead atoms. The van der Waals surface area contributed by atoms with E-state index in [1.54, 1.807) is 14.0 Å². The summed E-state index contributed by atoms with van der Waals surface area (Å²) in [7, 11) is -2.22. The molecule has 0 saturated carbocycles. The summed E-state index contributed by atoms with van der Waals surface area (Å²) >= 11 is 0. The third kappa shape index (κ3) is 5.70. The molecule has 10 nitrogen and oxygen atoms in total. The SMILES string of the molecule is CCN(c1ccc2c(c1)nc(C(C)(C)OC)n2CC1CCOCC1)S(=O)(=O)c1ccc(NC(=O)CO)cc1. The number of anilines is 2. The smallest absolute Gasteiger partial charge is 0.264 e. The van der Waals surface area contributed by atoms with Gasteiger partial charge < -0.3 is 24.5 Å². The van der Waals surface area contributed by atoms with Gasteiger partial charge in [0, 0.05) is 39.1 Å². The number of benzene rings is 2. The fourth-order valence-corrected chi connectivity index (χ4v) is 6.19. The topological polar surface area (TPSA) is 123 Å². The first-order chi connectivity index (χ1) is 18.1. The lowest BCUT2D eigenvalue weighted by Gasteiger charge is -2.27. The summed E-state index contributed by atoms with van der Waals surface area (Å²) in [5.41, 5.74) is 1.91. The molecule has 38 heavy (non-hydrogen) atoms. The van der Waals surface area contributed by atoms with Crippen LogP contribution in [0.4, 0.5) is 11.4 Å². The zero-order chi connectivity index (χ0) is 27.5. The van der Waals surface area contributed by atoms with Crippen LogP contribution in [0.3, 0.4) is 0 Å². The molecule has 4 rings (SSSR count). The van der Waals surface area contributed by atoms with E-state index in [4.69, 9.17) is 19.6 Å². The number of sulfonamides is 1. The van der Waals surface area contributed by atoms with Crippen LogP contribution in [0, 0.1) is 5.92 Å². The number of aromatic nitrogens is 2. The van der Waals surface area contributed by atoms with Crippen molar-refractivity contribution in [2.75, 3.05) is 43.1 Å². The predicted molar refractivity (Wildman–Crippen MR) is 146 cm³/mol. The summed E-state index contributed by atoms with van der Waals surface area (Å²) in [5.74, 6) is 0.686. The van der Waals surface area contributed by atoms with Gasteiger partial charge in [0.15, 0.2) is 0 Å². The Morgan fingerprint density at radius 1 is 1.21 bits per heavy atom. The minimum atomic E-state index is -3.88. The molecule has 0 spiro atoms. The van der Waals surface area contributed by atoms with Gasteiger partial charge in [0.2, 0.25) is 5.91 Å². The molecule has 11 heteroatoms. The molecule has 2 aromatic carbocycles. The second kappa shape index (κ2) is 11.4. The van der Waals surface area contributed by atoms with E-state index in [-0.39, 0.29) is 11.4 Å². The first kappa shape index (κ1) is 28.0. The molecule has 1 aliphatic heterocycles. The lowest BCUT2D eigenvalue weighted by molar-refractivity contribution is -0.118. The molecule has 1 fully saturated rings. The number of rotatable bonds is 10. The number of hydrogen-bond acceptors (Lipinski definition) is 7. The zero-order valence-electron chi connectivity index (χ0n) is 22.3. The molecule has 0 atom stereocenters. The number of carbonyl (C=O) groups excluding carboxylic acids is 1. The van der Waals surface area contributed by atoms with Gasteiger partial charge >= 0.3 is 0 Å². The molecule has 1 aliphatic rings. The maximum absolute atomic E-state index is 13.6. The number of imidazole rings is 1. The monoisotopic (exact) mass is 544 g/mol. The Bertz CT molecular complexity index is 1380. The molecule has 0 unspecified atom stereocenters. The van der Waals surface area contributed by atoms with Crippen molar-refractivity contribution in [1.29, 1.82) is 0 Å². The van der Waals surface area contributed by atoms with Gasteiger partial charge in [-0.3, -0.25) is 9.10 Å². The van der Waals surface area contributed by atoms with E-state index in [2.05, 4.69) is 9.88 Å². The number of methoxy groups -OCH3 is 1. The summed E-state index contributed by atoms with van der Waals surface area (Å²) in [6.07, 6.45) is 1.96. The van der Waals surface area contributed by atoms with Crippen LogP contribution in [0.1, 0.15) is 39.4 Å². The number of nitrogens with zero attached hydrogens (tertiary/aromatic N) is 3. The molecule has 1 aromatic heterocycles. The van der Waals surface area contributed by atoms with Gasteiger partial charge in [0.25, 0.3) is 10.0 Å². The van der Waals surface area contributed by atoms with Crippen molar-refractivity contribution < 1.29 is 27.8 Å². The van der Waals surface area contributed by atoms with Gasteiger partial charge in [0.1, 0.15) is 18.0 Å². The minimum absolute atomic E-state index is 0.0905.